The van der Waals surface area contributed by atoms with E-state index in [1.54, 1.807) is 14.2 Å². The second-order valence-electron chi connectivity index (χ2n) is 4.75. The first-order valence-electron chi connectivity index (χ1n) is 6.85. The maximum atomic E-state index is 12.1. The summed E-state index contributed by atoms with van der Waals surface area (Å²) >= 11 is 0. The van der Waals surface area contributed by atoms with Crippen LogP contribution in [0.1, 0.15) is 18.4 Å². The Labute approximate surface area is 124 Å². The van der Waals surface area contributed by atoms with Crippen LogP contribution in [-0.2, 0) is 16.0 Å². The van der Waals surface area contributed by atoms with Gasteiger partial charge in [0.05, 0.1) is 6.61 Å². The van der Waals surface area contributed by atoms with Crippen molar-refractivity contribution in [1.29, 1.82) is 0 Å². The molecule has 1 aromatic carbocycles. The van der Waals surface area contributed by atoms with E-state index in [1.807, 2.05) is 24.3 Å². The molecule has 0 spiro atoms. The number of carboxylic acid groups (broad SMARTS) is 1. The molecule has 0 aliphatic rings. The lowest BCUT2D eigenvalue weighted by Crippen LogP contribution is -2.32. The lowest BCUT2D eigenvalue weighted by molar-refractivity contribution is -0.137. The van der Waals surface area contributed by atoms with Crippen molar-refractivity contribution in [2.24, 2.45) is 0 Å². The molecular weight excluding hydrogens is 272 g/mol. The van der Waals surface area contributed by atoms with Gasteiger partial charge in [-0.05, 0) is 24.5 Å². The number of nitrogens with one attached hydrogen (secondary N) is 1. The highest BCUT2D eigenvalue weighted by atomic mass is 16.5. The molecule has 0 saturated heterocycles. The summed E-state index contributed by atoms with van der Waals surface area (Å²) in [7, 11) is 3.28. The van der Waals surface area contributed by atoms with E-state index in [-0.39, 0.29) is 12.5 Å². The summed E-state index contributed by atoms with van der Waals surface area (Å²) in [5.74, 6) is -0.853. The maximum Gasteiger partial charge on any atom is 0.321 e. The van der Waals surface area contributed by atoms with Crippen LogP contribution in [-0.4, -0.2) is 49.3 Å². The third-order valence-corrected chi connectivity index (χ3v) is 3.07. The smallest absolute Gasteiger partial charge is 0.321 e. The number of amides is 2. The molecule has 21 heavy (non-hydrogen) atoms. The largest absolute Gasteiger partial charge is 0.481 e. The molecule has 0 unspecified atom stereocenters. The number of para-hydroxylation sites is 1. The summed E-state index contributed by atoms with van der Waals surface area (Å²) in [6.07, 6.45) is 1.21. The molecule has 0 aliphatic heterocycles. The molecule has 6 nitrogen and oxygen atoms in total. The quantitative estimate of drug-likeness (QED) is 0.770. The molecule has 0 aromatic heterocycles. The highest BCUT2D eigenvalue weighted by Gasteiger charge is 2.11. The molecular formula is C15H22N2O4. The highest BCUT2D eigenvalue weighted by molar-refractivity contribution is 5.90. The fraction of sp³-hybridized carbons (Fsp3) is 0.467. The molecule has 6 heteroatoms. The van der Waals surface area contributed by atoms with Gasteiger partial charge in [-0.15, -0.1) is 0 Å². The highest BCUT2D eigenvalue weighted by Crippen LogP contribution is 2.16. The Bertz CT molecular complexity index is 476. The van der Waals surface area contributed by atoms with Gasteiger partial charge in [0.2, 0.25) is 0 Å². The van der Waals surface area contributed by atoms with Crippen molar-refractivity contribution in [2.45, 2.75) is 19.3 Å². The third kappa shape index (κ3) is 6.27. The number of hydrogen-bond donors (Lipinski definition) is 2. The number of methoxy groups -OCH3 is 1. The summed E-state index contributed by atoms with van der Waals surface area (Å²) in [5.41, 5.74) is 1.76. The molecule has 0 saturated carbocycles. The normalized spacial score (nSPS) is 10.2. The number of carbonyl (C=O) groups is 2. The Morgan fingerprint density at radius 1 is 1.33 bits per heavy atom. The Morgan fingerprint density at radius 3 is 2.71 bits per heavy atom. The minimum atomic E-state index is -0.853. The molecule has 0 bridgehead atoms. The van der Waals surface area contributed by atoms with Gasteiger partial charge in [0, 0.05) is 32.8 Å². The summed E-state index contributed by atoms with van der Waals surface area (Å²) < 4.78 is 5.05. The van der Waals surface area contributed by atoms with Gasteiger partial charge in [0.25, 0.3) is 0 Å². The number of nitrogens with zero attached hydrogens (tertiary/aromatic N) is 1. The average Bonchev–Trinajstić information content (AvgIpc) is 2.45. The fourth-order valence-corrected chi connectivity index (χ4v) is 1.85. The van der Waals surface area contributed by atoms with E-state index in [1.165, 1.54) is 4.90 Å². The van der Waals surface area contributed by atoms with Crippen LogP contribution in [0.5, 0.6) is 0 Å². The van der Waals surface area contributed by atoms with Gasteiger partial charge in [-0.25, -0.2) is 4.79 Å². The number of aliphatic carboxylic acids is 1. The van der Waals surface area contributed by atoms with Crippen LogP contribution in [0.4, 0.5) is 10.5 Å². The van der Waals surface area contributed by atoms with E-state index < -0.39 is 5.97 Å². The number of anilines is 1. The molecule has 1 aromatic rings. The predicted molar refractivity (Wildman–Crippen MR) is 80.5 cm³/mol. The van der Waals surface area contributed by atoms with Gasteiger partial charge < -0.3 is 20.1 Å². The lowest BCUT2D eigenvalue weighted by atomic mass is 10.1. The van der Waals surface area contributed by atoms with E-state index in [0.29, 0.717) is 19.6 Å². The summed E-state index contributed by atoms with van der Waals surface area (Å²) in [5, 5.41) is 11.4. The number of carboxylic acids is 1. The predicted octanol–water partition coefficient (Wildman–Crippen LogP) is 2.20. The number of urea groups is 1. The van der Waals surface area contributed by atoms with Crippen LogP contribution in [0.3, 0.4) is 0 Å². The van der Waals surface area contributed by atoms with E-state index in [0.717, 1.165) is 17.7 Å². The second-order valence-corrected chi connectivity index (χ2v) is 4.75. The van der Waals surface area contributed by atoms with Crippen molar-refractivity contribution in [2.75, 3.05) is 32.6 Å². The monoisotopic (exact) mass is 294 g/mol. The zero-order chi connectivity index (χ0) is 15.7. The van der Waals surface area contributed by atoms with E-state index in [2.05, 4.69) is 5.32 Å². The van der Waals surface area contributed by atoms with Gasteiger partial charge in [-0.3, -0.25) is 4.79 Å². The minimum Gasteiger partial charge on any atom is -0.481 e. The first-order chi connectivity index (χ1) is 10.0. The molecule has 2 amide bonds. The van der Waals surface area contributed by atoms with Gasteiger partial charge >= 0.3 is 12.0 Å². The van der Waals surface area contributed by atoms with Crippen molar-refractivity contribution in [3.05, 3.63) is 29.8 Å². The SMILES string of the molecule is COCCc1ccccc1NC(=O)N(C)CCCC(=O)O. The van der Waals surface area contributed by atoms with Gasteiger partial charge in [0.1, 0.15) is 0 Å². The second kappa shape index (κ2) is 8.97. The molecule has 0 fully saturated rings. The molecule has 0 heterocycles. The summed E-state index contributed by atoms with van der Waals surface area (Å²) in [6.45, 7) is 0.986. The van der Waals surface area contributed by atoms with Crippen LogP contribution in [0, 0.1) is 0 Å². The van der Waals surface area contributed by atoms with Gasteiger partial charge in [-0.1, -0.05) is 18.2 Å². The fourth-order valence-electron chi connectivity index (χ4n) is 1.85. The van der Waals surface area contributed by atoms with Crippen LogP contribution in [0.2, 0.25) is 0 Å². The van der Waals surface area contributed by atoms with E-state index in [9.17, 15) is 9.59 Å². The number of ether oxygens (including phenoxy) is 1. The average molecular weight is 294 g/mol. The Morgan fingerprint density at radius 2 is 2.05 bits per heavy atom. The van der Waals surface area contributed by atoms with Crippen molar-refractivity contribution < 1.29 is 19.4 Å². The first kappa shape index (κ1) is 17.0. The third-order valence-electron chi connectivity index (χ3n) is 3.07. The Kier molecular flexibility index (Phi) is 7.25. The zero-order valence-electron chi connectivity index (χ0n) is 12.5. The Balaban J connectivity index is 2.55. The number of carbonyl (C=O) groups excluding carboxylic acids is 1. The van der Waals surface area contributed by atoms with Crippen LogP contribution in [0.15, 0.2) is 24.3 Å². The van der Waals surface area contributed by atoms with Gasteiger partial charge in [-0.2, -0.15) is 0 Å². The minimum absolute atomic E-state index is 0.0576. The molecule has 2 N–H and O–H groups in total. The van der Waals surface area contributed by atoms with E-state index in [4.69, 9.17) is 9.84 Å². The summed E-state index contributed by atoms with van der Waals surface area (Å²) in [4.78, 5) is 24.0. The van der Waals surface area contributed by atoms with Gasteiger partial charge in [0.15, 0.2) is 0 Å². The zero-order valence-corrected chi connectivity index (χ0v) is 12.5. The molecule has 0 radical (unpaired) electrons. The summed E-state index contributed by atoms with van der Waals surface area (Å²) in [6, 6.07) is 7.31. The standard InChI is InChI=1S/C15H22N2O4/c1-17(10-5-8-14(18)19)15(20)16-13-7-4-3-6-12(13)9-11-21-2/h3-4,6-7H,5,8-11H2,1-2H3,(H,16,20)(H,18,19). The lowest BCUT2D eigenvalue weighted by Gasteiger charge is -2.19. The van der Waals surface area contributed by atoms with Crippen LogP contribution in [0.25, 0.3) is 0 Å². The van der Waals surface area contributed by atoms with Crippen molar-refractivity contribution in [3.8, 4) is 0 Å². The number of benzene rings is 1. The topological polar surface area (TPSA) is 78.9 Å². The number of hydrogen-bond acceptors (Lipinski definition) is 3. The van der Waals surface area contributed by atoms with Crippen LogP contribution < -0.4 is 5.32 Å². The van der Waals surface area contributed by atoms with E-state index >= 15 is 0 Å². The molecule has 0 aliphatic carbocycles. The van der Waals surface area contributed by atoms with Crippen molar-refractivity contribution in [3.63, 3.8) is 0 Å². The molecule has 1 rings (SSSR count). The van der Waals surface area contributed by atoms with Crippen molar-refractivity contribution in [1.82, 2.24) is 4.90 Å². The molecule has 0 atom stereocenters. The Hall–Kier alpha value is -2.08. The maximum absolute atomic E-state index is 12.1. The number of rotatable bonds is 8. The first-order valence-corrected chi connectivity index (χ1v) is 6.85. The van der Waals surface area contributed by atoms with Crippen molar-refractivity contribution >= 4 is 17.7 Å². The van der Waals surface area contributed by atoms with Crippen LogP contribution >= 0.6 is 0 Å². The molecule has 116 valence electrons.